The number of benzene rings is 2. The van der Waals surface area contributed by atoms with Crippen LogP contribution in [0.25, 0.3) is 11.0 Å². The third kappa shape index (κ3) is 2.45. The second kappa shape index (κ2) is 5.25. The van der Waals surface area contributed by atoms with E-state index >= 15 is 0 Å². The highest BCUT2D eigenvalue weighted by molar-refractivity contribution is 5.77. The summed E-state index contributed by atoms with van der Waals surface area (Å²) < 4.78 is 5.26. The molecule has 102 valence electrons. The number of para-hydroxylation sites is 2. The van der Waals surface area contributed by atoms with Gasteiger partial charge in [-0.05, 0) is 36.2 Å². The average Bonchev–Trinajstić information content (AvgIpc) is 2.88. The fourth-order valence-electron chi connectivity index (χ4n) is 2.27. The number of ether oxygens (including phenoxy) is 1. The second-order valence-corrected chi connectivity index (χ2v) is 4.76. The molecule has 0 fully saturated rings. The summed E-state index contributed by atoms with van der Waals surface area (Å²) in [6, 6.07) is 14.2. The molecule has 0 aliphatic carbocycles. The van der Waals surface area contributed by atoms with Crippen molar-refractivity contribution in [3.8, 4) is 5.75 Å². The zero-order valence-corrected chi connectivity index (χ0v) is 11.6. The van der Waals surface area contributed by atoms with Gasteiger partial charge in [-0.15, -0.1) is 0 Å². The molecule has 0 unspecified atom stereocenters. The fourth-order valence-corrected chi connectivity index (χ4v) is 2.27. The number of aryl methyl sites for hydroxylation is 1. The number of H-pyrrole nitrogens is 1. The number of imidazole rings is 1. The predicted molar refractivity (Wildman–Crippen MR) is 81.2 cm³/mol. The van der Waals surface area contributed by atoms with E-state index < -0.39 is 0 Å². The first-order valence-corrected chi connectivity index (χ1v) is 6.58. The molecule has 1 aromatic heterocycles. The Morgan fingerprint density at radius 3 is 2.80 bits per heavy atom. The zero-order chi connectivity index (χ0) is 13.9. The van der Waals surface area contributed by atoms with Crippen molar-refractivity contribution in [2.45, 2.75) is 13.5 Å². The molecule has 0 saturated carbocycles. The molecule has 0 amide bonds. The van der Waals surface area contributed by atoms with Gasteiger partial charge < -0.3 is 15.0 Å². The van der Waals surface area contributed by atoms with Crippen LogP contribution >= 0.6 is 0 Å². The number of aromatic nitrogens is 2. The molecular weight excluding hydrogens is 250 g/mol. The van der Waals surface area contributed by atoms with Crippen LogP contribution in [0.5, 0.6) is 5.75 Å². The van der Waals surface area contributed by atoms with Crippen molar-refractivity contribution < 1.29 is 4.74 Å². The van der Waals surface area contributed by atoms with Gasteiger partial charge in [-0.2, -0.15) is 0 Å². The van der Waals surface area contributed by atoms with Crippen LogP contribution in [0.1, 0.15) is 11.1 Å². The summed E-state index contributed by atoms with van der Waals surface area (Å²) in [5.41, 5.74) is 4.35. The lowest BCUT2D eigenvalue weighted by Crippen LogP contribution is -2.01. The number of methoxy groups -OCH3 is 1. The van der Waals surface area contributed by atoms with Crippen LogP contribution in [-0.2, 0) is 6.54 Å². The number of aromatic amines is 1. The van der Waals surface area contributed by atoms with Gasteiger partial charge in [-0.3, -0.25) is 0 Å². The normalized spacial score (nSPS) is 10.7. The first-order chi connectivity index (χ1) is 9.76. The highest BCUT2D eigenvalue weighted by Crippen LogP contribution is 2.19. The maximum absolute atomic E-state index is 5.26. The summed E-state index contributed by atoms with van der Waals surface area (Å²) >= 11 is 0. The number of anilines is 1. The molecule has 20 heavy (non-hydrogen) atoms. The molecule has 0 aliphatic rings. The minimum absolute atomic E-state index is 0.727. The number of hydrogen-bond donors (Lipinski definition) is 2. The summed E-state index contributed by atoms with van der Waals surface area (Å²) in [6.45, 7) is 2.77. The van der Waals surface area contributed by atoms with Gasteiger partial charge in [-0.1, -0.05) is 24.3 Å². The Morgan fingerprint density at radius 2 is 2.05 bits per heavy atom. The van der Waals surface area contributed by atoms with E-state index in [0.29, 0.717) is 0 Å². The van der Waals surface area contributed by atoms with Crippen molar-refractivity contribution in [3.63, 3.8) is 0 Å². The first-order valence-electron chi connectivity index (χ1n) is 6.58. The zero-order valence-electron chi connectivity index (χ0n) is 11.6. The third-order valence-electron chi connectivity index (χ3n) is 3.31. The number of rotatable bonds is 4. The summed E-state index contributed by atoms with van der Waals surface area (Å²) in [6.07, 6.45) is 0. The van der Waals surface area contributed by atoms with E-state index in [1.54, 1.807) is 7.11 Å². The highest BCUT2D eigenvalue weighted by Gasteiger charge is 2.03. The topological polar surface area (TPSA) is 49.9 Å². The molecule has 0 saturated heterocycles. The van der Waals surface area contributed by atoms with Crippen LogP contribution in [0, 0.1) is 6.92 Å². The SMILES string of the molecule is COc1ccc(CNc2nc3ccccc3[nH]2)cc1C. The van der Waals surface area contributed by atoms with Gasteiger partial charge in [0, 0.05) is 6.54 Å². The van der Waals surface area contributed by atoms with Gasteiger partial charge >= 0.3 is 0 Å². The molecule has 4 nitrogen and oxygen atoms in total. The van der Waals surface area contributed by atoms with E-state index in [1.165, 1.54) is 5.56 Å². The molecule has 0 spiro atoms. The fraction of sp³-hybridized carbons (Fsp3) is 0.188. The monoisotopic (exact) mass is 267 g/mol. The molecule has 0 atom stereocenters. The molecule has 1 heterocycles. The largest absolute Gasteiger partial charge is 0.496 e. The maximum Gasteiger partial charge on any atom is 0.201 e. The van der Waals surface area contributed by atoms with E-state index in [-0.39, 0.29) is 0 Å². The van der Waals surface area contributed by atoms with E-state index in [9.17, 15) is 0 Å². The van der Waals surface area contributed by atoms with Crippen LogP contribution in [-0.4, -0.2) is 17.1 Å². The summed E-state index contributed by atoms with van der Waals surface area (Å²) in [5, 5.41) is 3.31. The minimum Gasteiger partial charge on any atom is -0.496 e. The number of fused-ring (bicyclic) bond motifs is 1. The lowest BCUT2D eigenvalue weighted by Gasteiger charge is -2.08. The third-order valence-corrected chi connectivity index (χ3v) is 3.31. The van der Waals surface area contributed by atoms with Crippen molar-refractivity contribution in [2.24, 2.45) is 0 Å². The van der Waals surface area contributed by atoms with E-state index in [2.05, 4.69) is 27.4 Å². The van der Waals surface area contributed by atoms with Crippen molar-refractivity contribution in [1.82, 2.24) is 9.97 Å². The second-order valence-electron chi connectivity index (χ2n) is 4.76. The van der Waals surface area contributed by atoms with Crippen LogP contribution in [0.3, 0.4) is 0 Å². The van der Waals surface area contributed by atoms with Crippen LogP contribution in [0.15, 0.2) is 42.5 Å². The maximum atomic E-state index is 5.26. The van der Waals surface area contributed by atoms with Crippen LogP contribution in [0.2, 0.25) is 0 Å². The Balaban J connectivity index is 1.74. The smallest absolute Gasteiger partial charge is 0.201 e. The van der Waals surface area contributed by atoms with Crippen molar-refractivity contribution >= 4 is 17.0 Å². The molecular formula is C16H17N3O. The van der Waals surface area contributed by atoms with Gasteiger partial charge in [0.15, 0.2) is 0 Å². The van der Waals surface area contributed by atoms with E-state index in [0.717, 1.165) is 34.8 Å². The van der Waals surface area contributed by atoms with E-state index in [4.69, 9.17) is 4.74 Å². The van der Waals surface area contributed by atoms with Gasteiger partial charge in [-0.25, -0.2) is 4.98 Å². The molecule has 2 aromatic carbocycles. The van der Waals surface area contributed by atoms with Crippen LogP contribution in [0.4, 0.5) is 5.95 Å². The number of hydrogen-bond acceptors (Lipinski definition) is 3. The van der Waals surface area contributed by atoms with Crippen molar-refractivity contribution in [1.29, 1.82) is 0 Å². The lowest BCUT2D eigenvalue weighted by molar-refractivity contribution is 0.411. The minimum atomic E-state index is 0.727. The van der Waals surface area contributed by atoms with Gasteiger partial charge in [0.1, 0.15) is 5.75 Å². The van der Waals surface area contributed by atoms with Gasteiger partial charge in [0.25, 0.3) is 0 Å². The Morgan fingerprint density at radius 1 is 1.20 bits per heavy atom. The average molecular weight is 267 g/mol. The summed E-state index contributed by atoms with van der Waals surface area (Å²) in [5.74, 6) is 1.71. The standard InChI is InChI=1S/C16H17N3O/c1-11-9-12(7-8-15(11)20-2)10-17-16-18-13-5-3-4-6-14(13)19-16/h3-9H,10H2,1-2H3,(H2,17,18,19). The molecule has 3 aromatic rings. The van der Waals surface area contributed by atoms with Crippen molar-refractivity contribution in [3.05, 3.63) is 53.6 Å². The molecule has 2 N–H and O–H groups in total. The highest BCUT2D eigenvalue weighted by atomic mass is 16.5. The predicted octanol–water partition coefficient (Wildman–Crippen LogP) is 3.49. The Labute approximate surface area is 117 Å². The summed E-state index contributed by atoms with van der Waals surface area (Å²) in [4.78, 5) is 7.75. The number of nitrogens with zero attached hydrogens (tertiary/aromatic N) is 1. The Hall–Kier alpha value is -2.49. The molecule has 0 bridgehead atoms. The van der Waals surface area contributed by atoms with Gasteiger partial charge in [0.2, 0.25) is 5.95 Å². The Kier molecular flexibility index (Phi) is 3.29. The molecule has 0 radical (unpaired) electrons. The molecule has 0 aliphatic heterocycles. The van der Waals surface area contributed by atoms with Crippen molar-refractivity contribution in [2.75, 3.05) is 12.4 Å². The first kappa shape index (κ1) is 12.5. The molecule has 3 rings (SSSR count). The molecule has 4 heteroatoms. The van der Waals surface area contributed by atoms with Gasteiger partial charge in [0.05, 0.1) is 18.1 Å². The lowest BCUT2D eigenvalue weighted by atomic mass is 10.1. The van der Waals surface area contributed by atoms with E-state index in [1.807, 2.05) is 37.3 Å². The van der Waals surface area contributed by atoms with Crippen LogP contribution < -0.4 is 10.1 Å². The summed E-state index contributed by atoms with van der Waals surface area (Å²) in [7, 11) is 1.69. The Bertz CT molecular complexity index is 700. The number of nitrogens with one attached hydrogen (secondary N) is 2. The quantitative estimate of drug-likeness (QED) is 0.760.